The zero-order valence-electron chi connectivity index (χ0n) is 11.0. The van der Waals surface area contributed by atoms with Gasteiger partial charge in [0.1, 0.15) is 18.2 Å². The third-order valence-corrected chi connectivity index (χ3v) is 2.64. The van der Waals surface area contributed by atoms with Crippen molar-refractivity contribution in [3.8, 4) is 17.6 Å². The summed E-state index contributed by atoms with van der Waals surface area (Å²) in [7, 11) is 0. The molecule has 0 radical (unpaired) electrons. The largest absolute Gasteiger partial charge is 0.481 e. The van der Waals surface area contributed by atoms with Crippen LogP contribution in [0.1, 0.15) is 22.8 Å². The van der Waals surface area contributed by atoms with Crippen molar-refractivity contribution in [3.63, 3.8) is 0 Å². The Hall–Kier alpha value is -2.60. The highest BCUT2D eigenvalue weighted by molar-refractivity contribution is 5.94. The zero-order chi connectivity index (χ0) is 14.4. The predicted molar refractivity (Wildman–Crippen MR) is 75.2 cm³/mol. The number of rotatable bonds is 3. The van der Waals surface area contributed by atoms with Crippen LogP contribution in [0.5, 0.6) is 5.75 Å². The monoisotopic (exact) mass is 268 g/mol. The molecule has 0 unspecified atom stereocenters. The van der Waals surface area contributed by atoms with Crippen LogP contribution in [-0.2, 0) is 0 Å². The Morgan fingerprint density at radius 1 is 1.20 bits per heavy atom. The third kappa shape index (κ3) is 3.69. The van der Waals surface area contributed by atoms with Crippen molar-refractivity contribution in [2.75, 3.05) is 6.61 Å². The van der Waals surface area contributed by atoms with Crippen LogP contribution in [0.3, 0.4) is 0 Å². The first-order valence-electron chi connectivity index (χ1n) is 6.14. The van der Waals surface area contributed by atoms with Gasteiger partial charge in [-0.1, -0.05) is 30.0 Å². The van der Waals surface area contributed by atoms with Crippen molar-refractivity contribution in [2.45, 2.75) is 6.92 Å². The molecule has 0 aliphatic heterocycles. The summed E-state index contributed by atoms with van der Waals surface area (Å²) in [5.41, 5.74) is 0.960. The van der Waals surface area contributed by atoms with Crippen LogP contribution < -0.4 is 4.74 Å². The molecule has 20 heavy (non-hydrogen) atoms. The van der Waals surface area contributed by atoms with Gasteiger partial charge in [0.05, 0.1) is 5.56 Å². The van der Waals surface area contributed by atoms with E-state index in [0.717, 1.165) is 5.56 Å². The molecule has 2 aromatic carbocycles. The van der Waals surface area contributed by atoms with Crippen LogP contribution in [0, 0.1) is 17.7 Å². The summed E-state index contributed by atoms with van der Waals surface area (Å²) in [5, 5.41) is 0. The minimum Gasteiger partial charge on any atom is -0.481 e. The Morgan fingerprint density at radius 2 is 1.95 bits per heavy atom. The van der Waals surface area contributed by atoms with Gasteiger partial charge in [-0.3, -0.25) is 4.79 Å². The molecule has 0 N–H and O–H groups in total. The number of hydrogen-bond acceptors (Lipinski definition) is 2. The molecule has 0 amide bonds. The second-order valence-corrected chi connectivity index (χ2v) is 4.15. The molecule has 0 heterocycles. The molecule has 0 aliphatic rings. The smallest absolute Gasteiger partial charge is 0.162 e. The molecular weight excluding hydrogens is 255 g/mol. The minimum atomic E-state index is -0.578. The normalized spacial score (nSPS) is 9.50. The molecule has 0 atom stereocenters. The number of ether oxygens (including phenoxy) is 1. The van der Waals surface area contributed by atoms with E-state index in [-0.39, 0.29) is 18.0 Å². The Morgan fingerprint density at radius 3 is 2.60 bits per heavy atom. The number of hydrogen-bond donors (Lipinski definition) is 0. The van der Waals surface area contributed by atoms with Crippen molar-refractivity contribution in [1.29, 1.82) is 0 Å². The van der Waals surface area contributed by atoms with E-state index in [9.17, 15) is 9.18 Å². The van der Waals surface area contributed by atoms with Crippen LogP contribution in [-0.4, -0.2) is 12.4 Å². The summed E-state index contributed by atoms with van der Waals surface area (Å²) in [6.45, 7) is 1.48. The van der Waals surface area contributed by atoms with Crippen molar-refractivity contribution >= 4 is 5.78 Å². The van der Waals surface area contributed by atoms with E-state index in [1.165, 1.54) is 19.1 Å². The van der Waals surface area contributed by atoms with Gasteiger partial charge in [-0.2, -0.15) is 0 Å². The van der Waals surface area contributed by atoms with Crippen molar-refractivity contribution in [2.24, 2.45) is 0 Å². The van der Waals surface area contributed by atoms with Gasteiger partial charge in [-0.05, 0) is 31.2 Å². The average molecular weight is 268 g/mol. The Bertz CT molecular complexity index is 666. The standard InChI is InChI=1S/C17H13FO2/c1-13(19)16-10-9-15(12-17(16)18)20-11-5-8-14-6-3-2-4-7-14/h2-4,6-7,9-10,12H,11H2,1H3. The second-order valence-electron chi connectivity index (χ2n) is 4.15. The fraction of sp³-hybridized carbons (Fsp3) is 0.118. The third-order valence-electron chi connectivity index (χ3n) is 2.64. The van der Waals surface area contributed by atoms with Crippen LogP contribution in [0.15, 0.2) is 48.5 Å². The predicted octanol–water partition coefficient (Wildman–Crippen LogP) is 3.46. The van der Waals surface area contributed by atoms with Gasteiger partial charge < -0.3 is 4.74 Å². The molecule has 0 saturated carbocycles. The lowest BCUT2D eigenvalue weighted by Crippen LogP contribution is -1.99. The van der Waals surface area contributed by atoms with E-state index >= 15 is 0 Å². The Labute approximate surface area is 117 Å². The minimum absolute atomic E-state index is 0.0627. The maximum atomic E-state index is 13.5. The lowest BCUT2D eigenvalue weighted by Gasteiger charge is -2.04. The SMILES string of the molecule is CC(=O)c1ccc(OCC#Cc2ccccc2)cc1F. The summed E-state index contributed by atoms with van der Waals surface area (Å²) in [6.07, 6.45) is 0. The molecule has 3 heteroatoms. The number of carbonyl (C=O) groups is 1. The fourth-order valence-corrected chi connectivity index (χ4v) is 1.65. The Balaban J connectivity index is 1.97. The summed E-state index contributed by atoms with van der Waals surface area (Å²) >= 11 is 0. The number of ketones is 1. The first-order chi connectivity index (χ1) is 9.66. The van der Waals surface area contributed by atoms with Crippen molar-refractivity contribution in [3.05, 3.63) is 65.5 Å². The number of halogens is 1. The summed E-state index contributed by atoms with van der Waals surface area (Å²) in [4.78, 5) is 11.1. The molecular formula is C17H13FO2. The van der Waals surface area contributed by atoms with E-state index in [1.807, 2.05) is 30.3 Å². The van der Waals surface area contributed by atoms with Crippen molar-refractivity contribution in [1.82, 2.24) is 0 Å². The highest BCUT2D eigenvalue weighted by Crippen LogP contribution is 2.16. The summed E-state index contributed by atoms with van der Waals surface area (Å²) in [5.74, 6) is 5.25. The van der Waals surface area contributed by atoms with E-state index in [1.54, 1.807) is 6.07 Å². The van der Waals surface area contributed by atoms with E-state index in [2.05, 4.69) is 11.8 Å². The quantitative estimate of drug-likeness (QED) is 0.629. The molecule has 100 valence electrons. The first-order valence-corrected chi connectivity index (χ1v) is 6.14. The molecule has 2 aromatic rings. The van der Waals surface area contributed by atoms with Gasteiger partial charge in [0.15, 0.2) is 5.78 Å². The van der Waals surface area contributed by atoms with Gasteiger partial charge in [0.25, 0.3) is 0 Å². The molecule has 0 bridgehead atoms. The fourth-order valence-electron chi connectivity index (χ4n) is 1.65. The highest BCUT2D eigenvalue weighted by atomic mass is 19.1. The van der Waals surface area contributed by atoms with Crippen LogP contribution in [0.25, 0.3) is 0 Å². The van der Waals surface area contributed by atoms with E-state index < -0.39 is 5.82 Å². The van der Waals surface area contributed by atoms with Crippen LogP contribution in [0.4, 0.5) is 4.39 Å². The maximum Gasteiger partial charge on any atom is 0.162 e. The highest BCUT2D eigenvalue weighted by Gasteiger charge is 2.07. The lowest BCUT2D eigenvalue weighted by atomic mass is 10.1. The van der Waals surface area contributed by atoms with E-state index in [4.69, 9.17) is 4.74 Å². The molecule has 2 rings (SSSR count). The van der Waals surface area contributed by atoms with Crippen LogP contribution >= 0.6 is 0 Å². The molecule has 0 aliphatic carbocycles. The molecule has 0 aromatic heterocycles. The summed E-state index contributed by atoms with van der Waals surface area (Å²) in [6, 6.07) is 13.7. The first kappa shape index (κ1) is 13.8. The van der Waals surface area contributed by atoms with Gasteiger partial charge in [-0.15, -0.1) is 0 Å². The number of carbonyl (C=O) groups excluding carboxylic acids is 1. The molecule has 0 fully saturated rings. The Kier molecular flexibility index (Phi) is 4.52. The lowest BCUT2D eigenvalue weighted by molar-refractivity contribution is 0.101. The molecule has 0 spiro atoms. The van der Waals surface area contributed by atoms with Gasteiger partial charge in [0.2, 0.25) is 0 Å². The summed E-state index contributed by atoms with van der Waals surface area (Å²) < 4.78 is 18.9. The molecule has 0 saturated heterocycles. The maximum absolute atomic E-state index is 13.5. The van der Waals surface area contributed by atoms with E-state index in [0.29, 0.717) is 5.75 Å². The van der Waals surface area contributed by atoms with Gasteiger partial charge >= 0.3 is 0 Å². The number of benzene rings is 2. The second kappa shape index (κ2) is 6.53. The number of Topliss-reactive ketones (excluding diaryl/α,β-unsaturated/α-hetero) is 1. The zero-order valence-corrected chi connectivity index (χ0v) is 11.0. The van der Waals surface area contributed by atoms with Gasteiger partial charge in [-0.25, -0.2) is 4.39 Å². The van der Waals surface area contributed by atoms with Gasteiger partial charge in [0, 0.05) is 11.6 Å². The average Bonchev–Trinajstić information content (AvgIpc) is 2.44. The topological polar surface area (TPSA) is 26.3 Å². The molecule has 2 nitrogen and oxygen atoms in total. The van der Waals surface area contributed by atoms with Crippen LogP contribution in [0.2, 0.25) is 0 Å². The van der Waals surface area contributed by atoms with Crippen molar-refractivity contribution < 1.29 is 13.9 Å².